The zero-order chi connectivity index (χ0) is 22.0. The average molecular weight is 494 g/mol. The number of nitrogens with one attached hydrogen (secondary N) is 1. The summed E-state index contributed by atoms with van der Waals surface area (Å²) in [5, 5.41) is 3.18. The van der Waals surface area contributed by atoms with E-state index in [0.29, 0.717) is 16.3 Å². The van der Waals surface area contributed by atoms with Crippen LogP contribution in [0, 0.1) is 26.7 Å². The number of hydrogen-bond acceptors (Lipinski definition) is 4. The molecule has 0 bridgehead atoms. The van der Waals surface area contributed by atoms with Gasteiger partial charge in [0.05, 0.1) is 10.9 Å². The quantitative estimate of drug-likeness (QED) is 0.620. The Hall–Kier alpha value is -2.38. The number of carbonyl (C=O) groups is 3. The van der Waals surface area contributed by atoms with Crippen LogP contribution in [0.25, 0.3) is 0 Å². The van der Waals surface area contributed by atoms with Crippen LogP contribution >= 0.6 is 27.5 Å². The zero-order valence-corrected chi connectivity index (χ0v) is 19.3. The van der Waals surface area contributed by atoms with Crippen molar-refractivity contribution in [1.82, 2.24) is 0 Å². The Balaban J connectivity index is 1.58. The lowest BCUT2D eigenvalue weighted by atomic mass is 10.1. The van der Waals surface area contributed by atoms with E-state index < -0.39 is 24.4 Å². The van der Waals surface area contributed by atoms with Crippen LogP contribution in [-0.4, -0.2) is 30.9 Å². The third-order valence-electron chi connectivity index (χ3n) is 5.07. The molecular formula is C22H22BrClN2O4. The lowest BCUT2D eigenvalue weighted by Gasteiger charge is -2.19. The van der Waals surface area contributed by atoms with E-state index >= 15 is 0 Å². The monoisotopic (exact) mass is 492 g/mol. The SMILES string of the molecule is Cc1ccc(C)c(N2C[C@H](C(=O)OCC(=O)Nc3ccc(Br)c(Cl)c3C)CC2=O)c1. The van der Waals surface area contributed by atoms with Crippen molar-refractivity contribution in [2.24, 2.45) is 5.92 Å². The fraction of sp³-hybridized carbons (Fsp3) is 0.318. The maximum Gasteiger partial charge on any atom is 0.311 e. The van der Waals surface area contributed by atoms with Gasteiger partial charge in [-0.25, -0.2) is 0 Å². The Morgan fingerprint density at radius 3 is 2.70 bits per heavy atom. The van der Waals surface area contributed by atoms with Gasteiger partial charge in [-0.1, -0.05) is 23.7 Å². The number of amides is 2. The van der Waals surface area contributed by atoms with Gasteiger partial charge in [-0.2, -0.15) is 0 Å². The molecule has 0 aromatic heterocycles. The molecule has 1 heterocycles. The van der Waals surface area contributed by atoms with Crippen LogP contribution in [0.3, 0.4) is 0 Å². The summed E-state index contributed by atoms with van der Waals surface area (Å²) in [7, 11) is 0. The van der Waals surface area contributed by atoms with Gasteiger partial charge < -0.3 is 15.0 Å². The average Bonchev–Trinajstić information content (AvgIpc) is 3.10. The Kier molecular flexibility index (Phi) is 6.83. The standard InChI is InChI=1S/C22H22BrClN2O4/c1-12-4-5-13(2)18(8-12)26-10-15(9-20(26)28)22(29)30-11-19(27)25-17-7-6-16(23)21(24)14(17)3/h4-8,15H,9-11H2,1-3H3,(H,25,27)/t15-/m1/s1. The molecule has 0 spiro atoms. The maximum atomic E-state index is 12.5. The van der Waals surface area contributed by atoms with Crippen LogP contribution < -0.4 is 10.2 Å². The van der Waals surface area contributed by atoms with Crippen molar-refractivity contribution in [3.05, 3.63) is 56.5 Å². The molecule has 3 rings (SSSR count). The number of anilines is 2. The lowest BCUT2D eigenvalue weighted by Crippen LogP contribution is -2.28. The predicted molar refractivity (Wildman–Crippen MR) is 120 cm³/mol. The fourth-order valence-corrected chi connectivity index (χ4v) is 3.93. The molecule has 1 aliphatic heterocycles. The second-order valence-electron chi connectivity index (χ2n) is 7.39. The molecule has 0 aliphatic carbocycles. The first-order valence-corrected chi connectivity index (χ1v) is 10.6. The molecule has 2 amide bonds. The van der Waals surface area contributed by atoms with Gasteiger partial charge in [0.1, 0.15) is 0 Å². The molecule has 1 atom stereocenters. The number of carbonyl (C=O) groups excluding carboxylic acids is 3. The highest BCUT2D eigenvalue weighted by atomic mass is 79.9. The minimum Gasteiger partial charge on any atom is -0.455 e. The van der Waals surface area contributed by atoms with Gasteiger partial charge in [0, 0.05) is 28.8 Å². The van der Waals surface area contributed by atoms with E-state index in [2.05, 4.69) is 21.2 Å². The normalized spacial score (nSPS) is 16.0. The molecule has 158 valence electrons. The van der Waals surface area contributed by atoms with Crippen LogP contribution in [0.15, 0.2) is 34.8 Å². The molecule has 6 nitrogen and oxygen atoms in total. The number of esters is 1. The number of hydrogen-bond donors (Lipinski definition) is 1. The van der Waals surface area contributed by atoms with Crippen molar-refractivity contribution in [2.75, 3.05) is 23.4 Å². The second-order valence-corrected chi connectivity index (χ2v) is 8.62. The summed E-state index contributed by atoms with van der Waals surface area (Å²) >= 11 is 9.48. The number of rotatable bonds is 5. The van der Waals surface area contributed by atoms with Crippen LogP contribution in [0.5, 0.6) is 0 Å². The third-order valence-corrected chi connectivity index (χ3v) is 6.45. The van der Waals surface area contributed by atoms with E-state index in [1.165, 1.54) is 0 Å². The number of ether oxygens (including phenoxy) is 1. The minimum atomic E-state index is -0.603. The topological polar surface area (TPSA) is 75.7 Å². The molecular weight excluding hydrogens is 472 g/mol. The maximum absolute atomic E-state index is 12.5. The first-order valence-electron chi connectivity index (χ1n) is 9.46. The minimum absolute atomic E-state index is 0.0647. The van der Waals surface area contributed by atoms with Gasteiger partial charge in [-0.15, -0.1) is 0 Å². The molecule has 30 heavy (non-hydrogen) atoms. The zero-order valence-electron chi connectivity index (χ0n) is 16.9. The van der Waals surface area contributed by atoms with E-state index in [1.54, 1.807) is 24.0 Å². The van der Waals surface area contributed by atoms with Gasteiger partial charge in [0.2, 0.25) is 5.91 Å². The summed E-state index contributed by atoms with van der Waals surface area (Å²) in [4.78, 5) is 38.7. The Labute approximate surface area is 188 Å². The summed E-state index contributed by atoms with van der Waals surface area (Å²) < 4.78 is 5.90. The van der Waals surface area contributed by atoms with E-state index in [-0.39, 0.29) is 18.9 Å². The van der Waals surface area contributed by atoms with E-state index in [4.69, 9.17) is 16.3 Å². The molecule has 0 radical (unpaired) electrons. The van der Waals surface area contributed by atoms with E-state index in [9.17, 15) is 14.4 Å². The van der Waals surface area contributed by atoms with Gasteiger partial charge in [-0.05, 0) is 71.6 Å². The molecule has 1 saturated heterocycles. The largest absolute Gasteiger partial charge is 0.455 e. The molecule has 0 saturated carbocycles. The van der Waals surface area contributed by atoms with Gasteiger partial charge in [0.15, 0.2) is 6.61 Å². The highest BCUT2D eigenvalue weighted by Gasteiger charge is 2.37. The fourth-order valence-electron chi connectivity index (χ4n) is 3.34. The Morgan fingerprint density at radius 1 is 1.23 bits per heavy atom. The summed E-state index contributed by atoms with van der Waals surface area (Å²) in [5.74, 6) is -1.76. The number of aryl methyl sites for hydroxylation is 2. The highest BCUT2D eigenvalue weighted by Crippen LogP contribution is 2.31. The molecule has 1 fully saturated rings. The summed E-state index contributed by atoms with van der Waals surface area (Å²) in [6.45, 7) is 5.47. The van der Waals surface area contributed by atoms with Crippen molar-refractivity contribution in [1.29, 1.82) is 0 Å². The predicted octanol–water partition coefficient (Wildman–Crippen LogP) is 4.56. The summed E-state index contributed by atoms with van der Waals surface area (Å²) in [5.41, 5.74) is 4.05. The van der Waals surface area contributed by atoms with Crippen LogP contribution in [-0.2, 0) is 19.1 Å². The van der Waals surface area contributed by atoms with Crippen molar-refractivity contribution in [3.8, 4) is 0 Å². The van der Waals surface area contributed by atoms with Gasteiger partial charge in [0.25, 0.3) is 5.91 Å². The number of halogens is 2. The van der Waals surface area contributed by atoms with Crippen molar-refractivity contribution < 1.29 is 19.1 Å². The van der Waals surface area contributed by atoms with Crippen molar-refractivity contribution in [2.45, 2.75) is 27.2 Å². The summed E-state index contributed by atoms with van der Waals surface area (Å²) in [6.07, 6.45) is 0.0647. The van der Waals surface area contributed by atoms with Crippen molar-refractivity contribution in [3.63, 3.8) is 0 Å². The highest BCUT2D eigenvalue weighted by molar-refractivity contribution is 9.10. The van der Waals surface area contributed by atoms with Crippen LogP contribution in [0.4, 0.5) is 11.4 Å². The van der Waals surface area contributed by atoms with Crippen LogP contribution in [0.2, 0.25) is 5.02 Å². The molecule has 0 unspecified atom stereocenters. The van der Waals surface area contributed by atoms with E-state index in [0.717, 1.165) is 21.3 Å². The van der Waals surface area contributed by atoms with E-state index in [1.807, 2.05) is 32.0 Å². The third kappa shape index (κ3) is 4.84. The molecule has 8 heteroatoms. The number of nitrogens with zero attached hydrogens (tertiary/aromatic N) is 1. The lowest BCUT2D eigenvalue weighted by molar-refractivity contribution is -0.151. The summed E-state index contributed by atoms with van der Waals surface area (Å²) in [6, 6.07) is 9.29. The number of benzene rings is 2. The second kappa shape index (κ2) is 9.18. The molecule has 2 aromatic rings. The van der Waals surface area contributed by atoms with Gasteiger partial charge >= 0.3 is 5.97 Å². The molecule has 2 aromatic carbocycles. The molecule has 1 N–H and O–H groups in total. The first-order chi connectivity index (χ1) is 14.2. The van der Waals surface area contributed by atoms with Crippen molar-refractivity contribution >= 4 is 56.7 Å². The Morgan fingerprint density at radius 2 is 1.97 bits per heavy atom. The first kappa shape index (κ1) is 22.3. The Bertz CT molecular complexity index is 1020. The molecule has 1 aliphatic rings. The van der Waals surface area contributed by atoms with Crippen LogP contribution in [0.1, 0.15) is 23.1 Å². The smallest absolute Gasteiger partial charge is 0.311 e. The van der Waals surface area contributed by atoms with Gasteiger partial charge in [-0.3, -0.25) is 14.4 Å².